The van der Waals surface area contributed by atoms with E-state index in [1.807, 2.05) is 0 Å². The molecule has 0 aromatic carbocycles. The van der Waals surface area contributed by atoms with Gasteiger partial charge in [0.15, 0.2) is 0 Å². The summed E-state index contributed by atoms with van der Waals surface area (Å²) in [4.78, 5) is 20.2. The standard InChI is InChI=1S/C4H6INO2/c1-3(7)6-2-4(5)8/h2H2,1H3,(H,6,7). The molecule has 0 aliphatic carbocycles. The number of carbonyl (C=O) groups excluding carboxylic acids is 2. The Morgan fingerprint density at radius 2 is 2.12 bits per heavy atom. The first-order valence-electron chi connectivity index (χ1n) is 2.05. The van der Waals surface area contributed by atoms with Crippen molar-refractivity contribution in [3.63, 3.8) is 0 Å². The molecule has 4 heteroatoms. The third kappa shape index (κ3) is 5.87. The Balaban J connectivity index is 3.18. The van der Waals surface area contributed by atoms with E-state index < -0.39 is 0 Å². The quantitative estimate of drug-likeness (QED) is 0.536. The van der Waals surface area contributed by atoms with Crippen LogP contribution in [0.5, 0.6) is 0 Å². The number of carbonyl (C=O) groups is 2. The van der Waals surface area contributed by atoms with Crippen molar-refractivity contribution in [1.29, 1.82) is 0 Å². The van der Waals surface area contributed by atoms with Gasteiger partial charge in [0, 0.05) is 29.5 Å². The molecule has 0 radical (unpaired) electrons. The molecule has 0 aliphatic heterocycles. The summed E-state index contributed by atoms with van der Waals surface area (Å²) in [5.74, 6) is -0.171. The topological polar surface area (TPSA) is 46.2 Å². The lowest BCUT2D eigenvalue weighted by molar-refractivity contribution is -0.120. The number of nitrogens with one attached hydrogen (secondary N) is 1. The summed E-state index contributed by atoms with van der Waals surface area (Å²) in [6, 6.07) is 0. The van der Waals surface area contributed by atoms with Gasteiger partial charge in [-0.3, -0.25) is 9.59 Å². The predicted molar refractivity (Wildman–Crippen MR) is 37.7 cm³/mol. The Kier molecular flexibility index (Phi) is 3.76. The van der Waals surface area contributed by atoms with Gasteiger partial charge in [0.2, 0.25) is 9.70 Å². The lowest BCUT2D eigenvalue weighted by atomic mass is 10.6. The van der Waals surface area contributed by atoms with Gasteiger partial charge >= 0.3 is 0 Å². The number of amides is 1. The molecular formula is C4H6INO2. The van der Waals surface area contributed by atoms with E-state index in [2.05, 4.69) is 5.32 Å². The average Bonchev–Trinajstić information content (AvgIpc) is 1.61. The minimum absolute atomic E-state index is 0.0576. The van der Waals surface area contributed by atoms with Crippen LogP contribution in [0.2, 0.25) is 0 Å². The second-order valence-electron chi connectivity index (χ2n) is 1.26. The second-order valence-corrected chi connectivity index (χ2v) is 2.47. The van der Waals surface area contributed by atoms with E-state index >= 15 is 0 Å². The lowest BCUT2D eigenvalue weighted by Gasteiger charge is -1.92. The van der Waals surface area contributed by atoms with Gasteiger partial charge in [-0.2, -0.15) is 0 Å². The molecule has 0 bridgehead atoms. The molecule has 0 atom stereocenters. The van der Waals surface area contributed by atoms with E-state index in [9.17, 15) is 9.59 Å². The van der Waals surface area contributed by atoms with Gasteiger partial charge in [0.25, 0.3) is 0 Å². The van der Waals surface area contributed by atoms with Crippen molar-refractivity contribution in [2.45, 2.75) is 6.92 Å². The van der Waals surface area contributed by atoms with Crippen molar-refractivity contribution >= 4 is 32.3 Å². The molecule has 0 saturated heterocycles. The van der Waals surface area contributed by atoms with Crippen molar-refractivity contribution in [2.24, 2.45) is 0 Å². The molecule has 3 nitrogen and oxygen atoms in total. The normalized spacial score (nSPS) is 8.25. The van der Waals surface area contributed by atoms with Crippen molar-refractivity contribution in [3.05, 3.63) is 0 Å². The van der Waals surface area contributed by atoms with Crippen LogP contribution in [0, 0.1) is 0 Å². The molecule has 0 saturated carbocycles. The Labute approximate surface area is 61.0 Å². The zero-order valence-electron chi connectivity index (χ0n) is 4.40. The molecule has 8 heavy (non-hydrogen) atoms. The lowest BCUT2D eigenvalue weighted by Crippen LogP contribution is -2.24. The molecule has 46 valence electrons. The van der Waals surface area contributed by atoms with Crippen molar-refractivity contribution in [1.82, 2.24) is 5.32 Å². The molecule has 1 amide bonds. The first-order chi connectivity index (χ1) is 3.63. The van der Waals surface area contributed by atoms with Gasteiger partial charge in [0.1, 0.15) is 0 Å². The third-order valence-corrected chi connectivity index (χ3v) is 0.858. The van der Waals surface area contributed by atoms with Crippen molar-refractivity contribution in [2.75, 3.05) is 6.54 Å². The maximum absolute atomic E-state index is 10.1. The van der Waals surface area contributed by atoms with Crippen LogP contribution in [0.15, 0.2) is 0 Å². The van der Waals surface area contributed by atoms with E-state index in [0.29, 0.717) is 0 Å². The molecule has 0 unspecified atom stereocenters. The first-order valence-corrected chi connectivity index (χ1v) is 3.13. The summed E-state index contributed by atoms with van der Waals surface area (Å²) in [5, 5.41) is 2.35. The van der Waals surface area contributed by atoms with Gasteiger partial charge in [-0.05, 0) is 0 Å². The minimum Gasteiger partial charge on any atom is -0.348 e. The monoisotopic (exact) mass is 227 g/mol. The molecule has 0 spiro atoms. The van der Waals surface area contributed by atoms with Crippen molar-refractivity contribution < 1.29 is 9.59 Å². The molecule has 0 aromatic heterocycles. The van der Waals surface area contributed by atoms with Crippen molar-refractivity contribution in [3.8, 4) is 0 Å². The molecular weight excluding hydrogens is 221 g/mol. The van der Waals surface area contributed by atoms with E-state index in [4.69, 9.17) is 0 Å². The van der Waals surface area contributed by atoms with Crippen LogP contribution in [-0.2, 0) is 9.59 Å². The zero-order valence-corrected chi connectivity index (χ0v) is 6.56. The predicted octanol–water partition coefficient (Wildman–Crippen LogP) is 0.0841. The highest BCUT2D eigenvalue weighted by atomic mass is 127. The minimum atomic E-state index is -0.171. The SMILES string of the molecule is CC(=O)NCC(=O)I. The van der Waals surface area contributed by atoms with Gasteiger partial charge < -0.3 is 5.32 Å². The van der Waals surface area contributed by atoms with Gasteiger partial charge in [-0.15, -0.1) is 0 Å². The average molecular weight is 227 g/mol. The fraction of sp³-hybridized carbons (Fsp3) is 0.500. The molecule has 0 aliphatic rings. The fourth-order valence-corrected chi connectivity index (χ4v) is 0.385. The van der Waals surface area contributed by atoms with Crippen LogP contribution in [0.4, 0.5) is 0 Å². The molecule has 0 aromatic rings. The Morgan fingerprint density at radius 1 is 1.62 bits per heavy atom. The van der Waals surface area contributed by atoms with Crippen LogP contribution in [0.3, 0.4) is 0 Å². The summed E-state index contributed by atoms with van der Waals surface area (Å²) in [7, 11) is 0. The molecule has 0 heterocycles. The number of hydrogen-bond donors (Lipinski definition) is 1. The maximum Gasteiger partial charge on any atom is 0.217 e. The number of hydrogen-bond acceptors (Lipinski definition) is 2. The van der Waals surface area contributed by atoms with Crippen LogP contribution in [-0.4, -0.2) is 16.2 Å². The van der Waals surface area contributed by atoms with E-state index in [-0.39, 0.29) is 16.2 Å². The zero-order chi connectivity index (χ0) is 6.57. The van der Waals surface area contributed by atoms with Crippen LogP contribution in [0.25, 0.3) is 0 Å². The highest BCUT2D eigenvalue weighted by Crippen LogP contribution is 1.80. The van der Waals surface area contributed by atoms with E-state index in [0.717, 1.165) is 0 Å². The summed E-state index contributed by atoms with van der Waals surface area (Å²) < 4.78 is -0.0576. The maximum atomic E-state index is 10.1. The summed E-state index contributed by atoms with van der Waals surface area (Å²) in [6.45, 7) is 1.51. The highest BCUT2D eigenvalue weighted by Gasteiger charge is 1.93. The molecule has 0 fully saturated rings. The van der Waals surface area contributed by atoms with Crippen LogP contribution in [0.1, 0.15) is 6.92 Å². The number of halogens is 1. The highest BCUT2D eigenvalue weighted by molar-refractivity contribution is 14.1. The van der Waals surface area contributed by atoms with Gasteiger partial charge in [-0.1, -0.05) is 0 Å². The second kappa shape index (κ2) is 3.82. The smallest absolute Gasteiger partial charge is 0.217 e. The van der Waals surface area contributed by atoms with Crippen LogP contribution < -0.4 is 5.32 Å². The van der Waals surface area contributed by atoms with Crippen LogP contribution >= 0.6 is 22.6 Å². The Bertz CT molecular complexity index is 98.6. The Hall–Kier alpha value is -0.130. The van der Waals surface area contributed by atoms with Gasteiger partial charge in [0.05, 0.1) is 6.54 Å². The first kappa shape index (κ1) is 7.87. The summed E-state index contributed by atoms with van der Waals surface area (Å²) >= 11 is 1.62. The fourth-order valence-electron chi connectivity index (χ4n) is 0.194. The van der Waals surface area contributed by atoms with E-state index in [1.165, 1.54) is 6.92 Å². The number of rotatable bonds is 2. The molecule has 0 rings (SSSR count). The molecule has 1 N–H and O–H groups in total. The largest absolute Gasteiger partial charge is 0.348 e. The van der Waals surface area contributed by atoms with E-state index in [1.54, 1.807) is 22.6 Å². The van der Waals surface area contributed by atoms with Gasteiger partial charge in [-0.25, -0.2) is 0 Å². The third-order valence-electron chi connectivity index (χ3n) is 0.476. The summed E-state index contributed by atoms with van der Waals surface area (Å²) in [5.41, 5.74) is 0. The summed E-state index contributed by atoms with van der Waals surface area (Å²) in [6.07, 6.45) is 0. The Morgan fingerprint density at radius 3 is 2.25 bits per heavy atom.